The minimum Gasteiger partial charge on any atom is -0.375 e. The van der Waals surface area contributed by atoms with Crippen LogP contribution in [0.2, 0.25) is 0 Å². The molecule has 0 bridgehead atoms. The molecule has 5 heteroatoms. The molecule has 0 saturated heterocycles. The first kappa shape index (κ1) is 18.7. The lowest BCUT2D eigenvalue weighted by molar-refractivity contribution is -0.119. The topological polar surface area (TPSA) is 67.4 Å². The number of ether oxygens (including phenoxy) is 1. The van der Waals surface area contributed by atoms with Crippen LogP contribution in [0.3, 0.4) is 0 Å². The molecule has 2 aromatic rings. The van der Waals surface area contributed by atoms with Crippen LogP contribution in [0.25, 0.3) is 0 Å². The molecule has 0 fully saturated rings. The van der Waals surface area contributed by atoms with E-state index in [1.165, 1.54) is 7.11 Å². The molecule has 2 N–H and O–H groups in total. The second kappa shape index (κ2) is 9.59. The van der Waals surface area contributed by atoms with Gasteiger partial charge in [-0.2, -0.15) is 0 Å². The van der Waals surface area contributed by atoms with Crippen LogP contribution in [0.15, 0.2) is 54.6 Å². The summed E-state index contributed by atoms with van der Waals surface area (Å²) in [4.78, 5) is 24.0. The fourth-order valence-corrected chi connectivity index (χ4v) is 2.57. The van der Waals surface area contributed by atoms with Gasteiger partial charge in [-0.25, -0.2) is 0 Å². The zero-order valence-electron chi connectivity index (χ0n) is 14.6. The van der Waals surface area contributed by atoms with Crippen molar-refractivity contribution in [2.45, 2.75) is 25.8 Å². The average molecular weight is 340 g/mol. The minimum absolute atomic E-state index is 0.00197. The van der Waals surface area contributed by atoms with Crippen LogP contribution >= 0.6 is 0 Å². The largest absolute Gasteiger partial charge is 0.375 e. The van der Waals surface area contributed by atoms with Gasteiger partial charge in [0.1, 0.15) is 6.61 Å². The van der Waals surface area contributed by atoms with Crippen LogP contribution in [0, 0.1) is 0 Å². The summed E-state index contributed by atoms with van der Waals surface area (Å²) in [6, 6.07) is 16.8. The van der Waals surface area contributed by atoms with Crippen LogP contribution in [0.1, 0.15) is 41.7 Å². The Morgan fingerprint density at radius 2 is 1.72 bits per heavy atom. The lowest BCUT2D eigenvalue weighted by atomic mass is 10.0. The molecular formula is C20H24N2O3. The van der Waals surface area contributed by atoms with E-state index in [4.69, 9.17) is 4.74 Å². The zero-order valence-corrected chi connectivity index (χ0v) is 14.6. The van der Waals surface area contributed by atoms with Gasteiger partial charge in [0.05, 0.1) is 6.04 Å². The van der Waals surface area contributed by atoms with Crippen molar-refractivity contribution >= 4 is 17.5 Å². The van der Waals surface area contributed by atoms with E-state index in [0.717, 1.165) is 18.4 Å². The van der Waals surface area contributed by atoms with E-state index in [2.05, 4.69) is 17.6 Å². The minimum atomic E-state index is -0.230. The van der Waals surface area contributed by atoms with Crippen LogP contribution in [-0.2, 0) is 9.53 Å². The van der Waals surface area contributed by atoms with Gasteiger partial charge in [0, 0.05) is 18.4 Å². The first-order valence-corrected chi connectivity index (χ1v) is 8.38. The van der Waals surface area contributed by atoms with Crippen molar-refractivity contribution in [2.75, 3.05) is 19.0 Å². The molecule has 2 amide bonds. The highest BCUT2D eigenvalue weighted by Crippen LogP contribution is 2.19. The second-order valence-corrected chi connectivity index (χ2v) is 5.78. The van der Waals surface area contributed by atoms with Crippen molar-refractivity contribution in [3.8, 4) is 0 Å². The molecule has 0 spiro atoms. The Balaban J connectivity index is 2.02. The SMILES string of the molecule is CCC[C@@H](NC(=O)c1ccc(NC(=O)COC)cc1)c1ccccc1. The van der Waals surface area contributed by atoms with E-state index in [0.29, 0.717) is 11.3 Å². The van der Waals surface area contributed by atoms with Crippen LogP contribution in [0.4, 0.5) is 5.69 Å². The Bertz CT molecular complexity index is 684. The summed E-state index contributed by atoms with van der Waals surface area (Å²) in [5.74, 6) is -0.358. The number of carbonyl (C=O) groups is 2. The number of rotatable bonds is 8. The maximum atomic E-state index is 12.5. The van der Waals surface area contributed by atoms with Gasteiger partial charge in [-0.05, 0) is 36.2 Å². The Morgan fingerprint density at radius 1 is 1.04 bits per heavy atom. The van der Waals surface area contributed by atoms with E-state index in [9.17, 15) is 9.59 Å². The Morgan fingerprint density at radius 3 is 2.32 bits per heavy atom. The molecule has 0 unspecified atom stereocenters. The highest BCUT2D eigenvalue weighted by atomic mass is 16.5. The van der Waals surface area contributed by atoms with Crippen LogP contribution in [-0.4, -0.2) is 25.5 Å². The fraction of sp³-hybridized carbons (Fsp3) is 0.300. The summed E-state index contributed by atoms with van der Waals surface area (Å²) in [6.07, 6.45) is 1.85. The number of methoxy groups -OCH3 is 1. The summed E-state index contributed by atoms with van der Waals surface area (Å²) >= 11 is 0. The summed E-state index contributed by atoms with van der Waals surface area (Å²) in [7, 11) is 1.46. The quantitative estimate of drug-likeness (QED) is 0.772. The zero-order chi connectivity index (χ0) is 18.1. The monoisotopic (exact) mass is 340 g/mol. The van der Waals surface area contributed by atoms with E-state index in [1.807, 2.05) is 30.3 Å². The van der Waals surface area contributed by atoms with Gasteiger partial charge >= 0.3 is 0 Å². The van der Waals surface area contributed by atoms with Gasteiger partial charge in [0.25, 0.3) is 5.91 Å². The fourth-order valence-electron chi connectivity index (χ4n) is 2.57. The highest BCUT2D eigenvalue weighted by Gasteiger charge is 2.15. The van der Waals surface area contributed by atoms with E-state index < -0.39 is 0 Å². The van der Waals surface area contributed by atoms with Crippen LogP contribution in [0.5, 0.6) is 0 Å². The Kier molecular flexibility index (Phi) is 7.16. The van der Waals surface area contributed by atoms with Gasteiger partial charge in [0.2, 0.25) is 5.91 Å². The summed E-state index contributed by atoms with van der Waals surface area (Å²) in [5, 5.41) is 5.79. The maximum absolute atomic E-state index is 12.5. The Labute approximate surface area is 148 Å². The number of nitrogens with one attached hydrogen (secondary N) is 2. The lowest BCUT2D eigenvalue weighted by Crippen LogP contribution is -2.28. The van der Waals surface area contributed by atoms with E-state index in [-0.39, 0.29) is 24.5 Å². The molecule has 0 aliphatic carbocycles. The molecule has 0 aliphatic rings. The standard InChI is InChI=1S/C20H24N2O3/c1-3-7-18(15-8-5-4-6-9-15)22-20(24)16-10-12-17(13-11-16)21-19(23)14-25-2/h4-6,8-13,18H,3,7,14H2,1-2H3,(H,21,23)(H,22,24)/t18-/m1/s1. The first-order valence-electron chi connectivity index (χ1n) is 8.38. The van der Waals surface area contributed by atoms with Crippen molar-refractivity contribution in [3.63, 3.8) is 0 Å². The van der Waals surface area contributed by atoms with Crippen molar-refractivity contribution in [2.24, 2.45) is 0 Å². The molecule has 0 heterocycles. The number of amides is 2. The molecule has 2 rings (SSSR count). The van der Waals surface area contributed by atoms with Gasteiger partial charge < -0.3 is 15.4 Å². The van der Waals surface area contributed by atoms with Gasteiger partial charge in [0.15, 0.2) is 0 Å². The number of carbonyl (C=O) groups excluding carboxylic acids is 2. The molecule has 0 saturated carbocycles. The summed E-state index contributed by atoms with van der Waals surface area (Å²) in [5.41, 5.74) is 2.29. The predicted octanol–water partition coefficient (Wildman–Crippen LogP) is 3.54. The third-order valence-electron chi connectivity index (χ3n) is 3.79. The van der Waals surface area contributed by atoms with E-state index >= 15 is 0 Å². The highest BCUT2D eigenvalue weighted by molar-refractivity contribution is 5.96. The summed E-state index contributed by atoms with van der Waals surface area (Å²) < 4.78 is 4.77. The van der Waals surface area contributed by atoms with Gasteiger partial charge in [-0.1, -0.05) is 43.7 Å². The maximum Gasteiger partial charge on any atom is 0.251 e. The molecule has 1 atom stereocenters. The van der Waals surface area contributed by atoms with Crippen molar-refractivity contribution in [1.29, 1.82) is 0 Å². The first-order chi connectivity index (χ1) is 12.1. The van der Waals surface area contributed by atoms with Gasteiger partial charge in [-0.3, -0.25) is 9.59 Å². The van der Waals surface area contributed by atoms with Crippen molar-refractivity contribution < 1.29 is 14.3 Å². The van der Waals surface area contributed by atoms with Crippen molar-refractivity contribution in [1.82, 2.24) is 5.32 Å². The van der Waals surface area contributed by atoms with E-state index in [1.54, 1.807) is 24.3 Å². The average Bonchev–Trinajstić information content (AvgIpc) is 2.63. The van der Waals surface area contributed by atoms with Gasteiger partial charge in [-0.15, -0.1) is 0 Å². The number of benzene rings is 2. The summed E-state index contributed by atoms with van der Waals surface area (Å²) in [6.45, 7) is 2.09. The number of hydrogen-bond donors (Lipinski definition) is 2. The second-order valence-electron chi connectivity index (χ2n) is 5.78. The Hall–Kier alpha value is -2.66. The number of anilines is 1. The lowest BCUT2D eigenvalue weighted by Gasteiger charge is -2.18. The molecule has 132 valence electrons. The smallest absolute Gasteiger partial charge is 0.251 e. The van der Waals surface area contributed by atoms with Crippen molar-refractivity contribution in [3.05, 3.63) is 65.7 Å². The number of hydrogen-bond acceptors (Lipinski definition) is 3. The third-order valence-corrected chi connectivity index (χ3v) is 3.79. The molecule has 5 nitrogen and oxygen atoms in total. The molecule has 0 aliphatic heterocycles. The third kappa shape index (κ3) is 5.72. The molecule has 0 radical (unpaired) electrons. The molecule has 2 aromatic carbocycles. The molecule has 0 aromatic heterocycles. The normalized spacial score (nSPS) is 11.6. The molecule has 25 heavy (non-hydrogen) atoms. The van der Waals surface area contributed by atoms with Crippen LogP contribution < -0.4 is 10.6 Å². The molecular weight excluding hydrogens is 316 g/mol. The predicted molar refractivity (Wildman–Crippen MR) is 98.5 cm³/mol.